The molecule has 0 aromatic heterocycles. The van der Waals surface area contributed by atoms with Crippen LogP contribution in [0, 0.1) is 11.8 Å². The van der Waals surface area contributed by atoms with E-state index in [2.05, 4.69) is 16.0 Å². The number of fused-ring (bicyclic) bond motifs is 4. The monoisotopic (exact) mass is 739 g/mol. The molecule has 2 aromatic carbocycles. The van der Waals surface area contributed by atoms with Gasteiger partial charge in [-0.15, -0.1) is 0 Å². The maximum absolute atomic E-state index is 13.4. The molecule has 0 bridgehead atoms. The number of phenolic OH excluding ortho intramolecular Hbond substituents is 1. The number of aromatic hydroxyl groups is 1. The number of benzene rings is 2. The second kappa shape index (κ2) is 15.6. The molecule has 1 aliphatic carbocycles. The van der Waals surface area contributed by atoms with Crippen LogP contribution in [-0.2, 0) is 23.9 Å². The Kier molecular flexibility index (Phi) is 10.8. The Morgan fingerprint density at radius 1 is 0.923 bits per heavy atom. The Balaban J connectivity index is 0.921. The molecule has 7 rings (SSSR count). The molecule has 15 heteroatoms. The summed E-state index contributed by atoms with van der Waals surface area (Å²) < 4.78 is 34.0. The van der Waals surface area contributed by atoms with Crippen LogP contribution < -0.4 is 34.9 Å². The molecule has 4 heterocycles. The number of hydrogen-bond donors (Lipinski definition) is 4. The molecule has 280 valence electrons. The third-order valence-corrected chi connectivity index (χ3v) is 12.2. The third kappa shape index (κ3) is 7.24. The fraction of sp³-hybridized carbons (Fsp3) is 0.568. The molecule has 7 atom stereocenters. The second-order valence-electron chi connectivity index (χ2n) is 13.8. The number of rotatable bonds is 15. The number of nitrogens with one attached hydrogen (secondary N) is 3. The lowest BCUT2D eigenvalue weighted by Gasteiger charge is -2.38. The molecular weight excluding hydrogens is 694 g/mol. The van der Waals surface area contributed by atoms with E-state index in [-0.39, 0.29) is 67.1 Å². The molecule has 3 fully saturated rings. The van der Waals surface area contributed by atoms with Crippen LogP contribution >= 0.6 is 11.8 Å². The summed E-state index contributed by atoms with van der Waals surface area (Å²) in [6.07, 6.45) is 4.66. The SMILES string of the molecule is COc1cc([C@@H]2c3cc4c(cc3[C@@H](OC(=O)CCCCCNC(=O)CCCC[C@@H]3SC[C@H]5NC(=O)N[C@@H]35)[C@H]3COC(=O)[C@@H]23)OCO4)cc(OC)c1O. The van der Waals surface area contributed by atoms with Crippen molar-refractivity contribution in [2.75, 3.05) is 39.9 Å². The Morgan fingerprint density at radius 3 is 2.40 bits per heavy atom. The highest BCUT2D eigenvalue weighted by atomic mass is 32.2. The first-order valence-electron chi connectivity index (χ1n) is 18.0. The Morgan fingerprint density at radius 2 is 1.65 bits per heavy atom. The molecule has 0 spiro atoms. The summed E-state index contributed by atoms with van der Waals surface area (Å²) >= 11 is 1.88. The maximum Gasteiger partial charge on any atom is 0.315 e. The van der Waals surface area contributed by atoms with E-state index in [4.69, 9.17) is 28.4 Å². The van der Waals surface area contributed by atoms with Crippen molar-refractivity contribution in [2.45, 2.75) is 80.7 Å². The smallest absolute Gasteiger partial charge is 0.315 e. The van der Waals surface area contributed by atoms with Gasteiger partial charge in [0.2, 0.25) is 18.4 Å². The highest BCUT2D eigenvalue weighted by Gasteiger charge is 2.54. The molecule has 14 nitrogen and oxygen atoms in total. The summed E-state index contributed by atoms with van der Waals surface area (Å²) in [5, 5.41) is 19.9. The van der Waals surface area contributed by atoms with Gasteiger partial charge in [-0.1, -0.05) is 12.8 Å². The zero-order valence-corrected chi connectivity index (χ0v) is 30.1. The van der Waals surface area contributed by atoms with Crippen LogP contribution in [-0.4, -0.2) is 86.2 Å². The Labute approximate surface area is 305 Å². The van der Waals surface area contributed by atoms with Crippen molar-refractivity contribution in [1.82, 2.24) is 16.0 Å². The fourth-order valence-corrected chi connectivity index (χ4v) is 9.66. The lowest BCUT2D eigenvalue weighted by molar-refractivity contribution is -0.154. The first kappa shape index (κ1) is 35.9. The van der Waals surface area contributed by atoms with Gasteiger partial charge in [0.1, 0.15) is 6.10 Å². The van der Waals surface area contributed by atoms with E-state index in [0.29, 0.717) is 47.3 Å². The molecule has 3 amide bonds. The van der Waals surface area contributed by atoms with Crippen LogP contribution in [0.4, 0.5) is 4.79 Å². The summed E-state index contributed by atoms with van der Waals surface area (Å²) in [6.45, 7) is 0.659. The highest BCUT2D eigenvalue weighted by Crippen LogP contribution is 2.56. The minimum absolute atomic E-state index is 0.0226. The van der Waals surface area contributed by atoms with Crippen molar-refractivity contribution in [3.05, 3.63) is 41.0 Å². The molecule has 3 saturated heterocycles. The molecule has 4 aliphatic heterocycles. The summed E-state index contributed by atoms with van der Waals surface area (Å²) in [4.78, 5) is 50.6. The van der Waals surface area contributed by atoms with Crippen molar-refractivity contribution in [1.29, 1.82) is 0 Å². The lowest BCUT2D eigenvalue weighted by atomic mass is 9.66. The number of unbranched alkanes of at least 4 members (excludes halogenated alkanes) is 3. The second-order valence-corrected chi connectivity index (χ2v) is 15.1. The highest BCUT2D eigenvalue weighted by molar-refractivity contribution is 8.00. The molecular formula is C37H45N3O11S. The van der Waals surface area contributed by atoms with Crippen LogP contribution in [0.1, 0.15) is 80.1 Å². The van der Waals surface area contributed by atoms with Gasteiger partial charge in [0, 0.05) is 47.8 Å². The number of methoxy groups -OCH3 is 2. The molecule has 52 heavy (non-hydrogen) atoms. The van der Waals surface area contributed by atoms with E-state index in [9.17, 15) is 24.3 Å². The van der Waals surface area contributed by atoms with E-state index in [1.165, 1.54) is 14.2 Å². The van der Waals surface area contributed by atoms with Crippen LogP contribution in [0.2, 0.25) is 0 Å². The third-order valence-electron chi connectivity index (χ3n) is 10.7. The van der Waals surface area contributed by atoms with Gasteiger partial charge in [0.25, 0.3) is 0 Å². The zero-order chi connectivity index (χ0) is 36.4. The summed E-state index contributed by atoms with van der Waals surface area (Å²) in [5.74, 6) is -0.260. The predicted molar refractivity (Wildman–Crippen MR) is 188 cm³/mol. The fourth-order valence-electron chi connectivity index (χ4n) is 8.12. The lowest BCUT2D eigenvalue weighted by Crippen LogP contribution is -2.36. The Bertz CT molecular complexity index is 1680. The molecule has 0 radical (unpaired) electrons. The van der Waals surface area contributed by atoms with Crippen molar-refractivity contribution >= 4 is 35.6 Å². The molecule has 0 unspecified atom stereocenters. The van der Waals surface area contributed by atoms with Crippen LogP contribution in [0.25, 0.3) is 0 Å². The first-order valence-corrected chi connectivity index (χ1v) is 19.0. The van der Waals surface area contributed by atoms with Gasteiger partial charge in [0.15, 0.2) is 23.0 Å². The van der Waals surface area contributed by atoms with Gasteiger partial charge in [-0.2, -0.15) is 11.8 Å². The number of urea groups is 1. The normalized spacial score (nSPS) is 26.4. The minimum atomic E-state index is -0.757. The van der Waals surface area contributed by atoms with Gasteiger partial charge in [-0.25, -0.2) is 4.79 Å². The van der Waals surface area contributed by atoms with E-state index in [0.717, 1.165) is 43.4 Å². The molecule has 0 saturated carbocycles. The van der Waals surface area contributed by atoms with Gasteiger partial charge in [-0.3, -0.25) is 14.4 Å². The van der Waals surface area contributed by atoms with E-state index in [1.54, 1.807) is 12.1 Å². The summed E-state index contributed by atoms with van der Waals surface area (Å²) in [7, 11) is 2.88. The summed E-state index contributed by atoms with van der Waals surface area (Å²) in [6, 6.07) is 7.30. The van der Waals surface area contributed by atoms with Crippen molar-refractivity contribution in [3.8, 4) is 28.7 Å². The standard InChI is InChI=1S/C37H45N3O11S/c1-46-26-12-19(13-27(47-2)34(26)43)31-20-14-24-25(50-18-49-24)15-21(20)35(22-16-48-36(44)32(22)31)51-30(42)10-4-3-7-11-38-29(41)9-6-5-8-28-33-23(17-52-28)39-37(45)40-33/h12-15,22-23,28,31-33,35,43H,3-11,16-18H2,1-2H3,(H,38,41)(H2,39,40,45)/t22-,23+,28-,31+,32+,33+,35+/m0/s1. The Hall–Kier alpha value is -4.53. The average Bonchev–Trinajstić information content (AvgIpc) is 3.93. The first-order chi connectivity index (χ1) is 25.2. The van der Waals surface area contributed by atoms with Crippen LogP contribution in [0.15, 0.2) is 24.3 Å². The largest absolute Gasteiger partial charge is 0.502 e. The predicted octanol–water partition coefficient (Wildman–Crippen LogP) is 4.06. The van der Waals surface area contributed by atoms with E-state index >= 15 is 0 Å². The quantitative estimate of drug-likeness (QED) is 0.117. The number of thioether (sulfide) groups is 1. The van der Waals surface area contributed by atoms with Crippen molar-refractivity contribution < 1.29 is 52.7 Å². The van der Waals surface area contributed by atoms with E-state index in [1.807, 2.05) is 23.9 Å². The van der Waals surface area contributed by atoms with Gasteiger partial charge >= 0.3 is 18.0 Å². The minimum Gasteiger partial charge on any atom is -0.502 e. The number of ether oxygens (including phenoxy) is 6. The molecule has 2 aromatic rings. The maximum atomic E-state index is 13.4. The van der Waals surface area contributed by atoms with Gasteiger partial charge in [-0.05, 0) is 61.1 Å². The average molecular weight is 740 g/mol. The number of cyclic esters (lactones) is 1. The van der Waals surface area contributed by atoms with Gasteiger partial charge < -0.3 is 49.5 Å². The van der Waals surface area contributed by atoms with Gasteiger partial charge in [0.05, 0.1) is 38.8 Å². The van der Waals surface area contributed by atoms with Crippen LogP contribution in [0.5, 0.6) is 28.7 Å². The number of carbonyl (C=O) groups excluding carboxylic acids is 4. The molecule has 4 N–H and O–H groups in total. The number of esters is 2. The number of phenols is 1. The zero-order valence-electron chi connectivity index (χ0n) is 29.3. The van der Waals surface area contributed by atoms with Crippen molar-refractivity contribution in [3.63, 3.8) is 0 Å². The van der Waals surface area contributed by atoms with E-state index < -0.39 is 29.8 Å². The topological polar surface area (TPSA) is 180 Å². The van der Waals surface area contributed by atoms with Crippen molar-refractivity contribution in [2.24, 2.45) is 11.8 Å². The number of carbonyl (C=O) groups is 4. The number of hydrogen-bond acceptors (Lipinski definition) is 12. The van der Waals surface area contributed by atoms with Crippen LogP contribution in [0.3, 0.4) is 0 Å². The number of amides is 3. The molecule has 5 aliphatic rings. The summed E-state index contributed by atoms with van der Waals surface area (Å²) in [5.41, 5.74) is 2.08.